The van der Waals surface area contributed by atoms with E-state index < -0.39 is 34.7 Å². The van der Waals surface area contributed by atoms with Gasteiger partial charge in [0.2, 0.25) is 0 Å². The first-order valence-electron chi connectivity index (χ1n) is 18.2. The SMILES string of the molecule is CC1(C)c2cc(Br)c(c(Br)c2)OC(=O)c2ccccc2C(=O)Oc2c(Br)cc(cc2Br)C(C)(C)c2cc(Br)c(c(Br)c2)OC(=O)c2ccccc2C(=O)Oc2c(Br)cc1cc2Br. The van der Waals surface area contributed by atoms with Crippen molar-refractivity contribution in [2.75, 3.05) is 0 Å². The second kappa shape index (κ2) is 18.5. The highest BCUT2D eigenvalue weighted by Gasteiger charge is 2.32. The molecular weight excluding hydrogens is 1320 g/mol. The third kappa shape index (κ3) is 9.27. The number of benzene rings is 6. The van der Waals surface area contributed by atoms with Crippen molar-refractivity contribution >= 4 is 151 Å². The van der Waals surface area contributed by atoms with Crippen LogP contribution in [0.25, 0.3) is 0 Å². The van der Waals surface area contributed by atoms with Crippen molar-refractivity contribution in [2.45, 2.75) is 38.5 Å². The number of esters is 4. The highest BCUT2D eigenvalue weighted by Crippen LogP contribution is 2.47. The first-order valence-corrected chi connectivity index (χ1v) is 24.6. The number of rotatable bonds is 0. The second-order valence-corrected chi connectivity index (χ2v) is 21.8. The van der Waals surface area contributed by atoms with Gasteiger partial charge in [-0.1, -0.05) is 52.0 Å². The van der Waals surface area contributed by atoms with E-state index in [1.54, 1.807) is 24.3 Å². The molecule has 8 bridgehead atoms. The summed E-state index contributed by atoms with van der Waals surface area (Å²) in [6.07, 6.45) is 0. The van der Waals surface area contributed by atoms with Crippen molar-refractivity contribution < 1.29 is 38.1 Å². The summed E-state index contributed by atoms with van der Waals surface area (Å²) in [6.45, 7) is 8.03. The molecule has 62 heavy (non-hydrogen) atoms. The molecule has 7 heterocycles. The Bertz CT molecular complexity index is 2410. The fraction of sp³-hybridized carbons (Fsp3) is 0.130. The topological polar surface area (TPSA) is 105 Å². The molecule has 7 aliphatic heterocycles. The molecule has 6 aromatic rings. The molecule has 316 valence electrons. The maximum atomic E-state index is 13.8. The van der Waals surface area contributed by atoms with Gasteiger partial charge in [0.05, 0.1) is 58.0 Å². The first kappa shape index (κ1) is 47.0. The van der Waals surface area contributed by atoms with Crippen molar-refractivity contribution in [1.29, 1.82) is 0 Å². The van der Waals surface area contributed by atoms with Gasteiger partial charge in [-0.05, 0) is 222 Å². The number of hydrogen-bond acceptors (Lipinski definition) is 8. The molecular formula is C46H28Br8O8. The lowest BCUT2D eigenvalue weighted by Gasteiger charge is -2.28. The Morgan fingerprint density at radius 2 is 0.484 bits per heavy atom. The zero-order valence-corrected chi connectivity index (χ0v) is 45.2. The number of hydrogen-bond donors (Lipinski definition) is 0. The summed E-state index contributed by atoms with van der Waals surface area (Å²) in [5.74, 6) is -2.32. The van der Waals surface area contributed by atoms with Crippen LogP contribution in [0, 0.1) is 0 Å². The van der Waals surface area contributed by atoms with Crippen molar-refractivity contribution in [3.05, 3.63) is 177 Å². The molecule has 7 aliphatic rings. The minimum absolute atomic E-state index is 0.00498. The Morgan fingerprint density at radius 3 is 0.645 bits per heavy atom. The Morgan fingerprint density at radius 1 is 0.323 bits per heavy atom. The summed E-state index contributed by atoms with van der Waals surface area (Å²) in [5, 5.41) is 0. The zero-order valence-electron chi connectivity index (χ0n) is 32.5. The summed E-state index contributed by atoms with van der Waals surface area (Å²) in [4.78, 5) is 55.3. The van der Waals surface area contributed by atoms with E-state index in [9.17, 15) is 19.2 Å². The van der Waals surface area contributed by atoms with Crippen LogP contribution in [-0.4, -0.2) is 23.9 Å². The van der Waals surface area contributed by atoms with E-state index in [0.717, 1.165) is 22.3 Å². The Kier molecular flexibility index (Phi) is 14.0. The van der Waals surface area contributed by atoms with Crippen LogP contribution in [0.5, 0.6) is 23.0 Å². The number of carbonyl (C=O) groups excluding carboxylic acids is 4. The van der Waals surface area contributed by atoms with Crippen LogP contribution in [0.2, 0.25) is 0 Å². The lowest BCUT2D eigenvalue weighted by Crippen LogP contribution is -2.21. The Hall–Kier alpha value is -2.96. The summed E-state index contributed by atoms with van der Waals surface area (Å²) >= 11 is 28.8. The van der Waals surface area contributed by atoms with Gasteiger partial charge in [-0.3, -0.25) is 0 Å². The minimum Gasteiger partial charge on any atom is -0.420 e. The van der Waals surface area contributed by atoms with Crippen molar-refractivity contribution in [3.63, 3.8) is 0 Å². The second-order valence-electron chi connectivity index (χ2n) is 15.0. The average Bonchev–Trinajstić information content (AvgIpc) is 3.22. The molecule has 0 atom stereocenters. The van der Waals surface area contributed by atoms with Crippen molar-refractivity contribution in [2.24, 2.45) is 0 Å². The summed E-state index contributed by atoms with van der Waals surface area (Å²) < 4.78 is 27.5. The van der Waals surface area contributed by atoms with Gasteiger partial charge in [-0.25, -0.2) is 19.2 Å². The average molecular weight is 1350 g/mol. The molecule has 0 aliphatic carbocycles. The molecule has 0 saturated carbocycles. The molecule has 13 rings (SSSR count). The van der Waals surface area contributed by atoms with Gasteiger partial charge < -0.3 is 18.9 Å². The fourth-order valence-electron chi connectivity index (χ4n) is 6.68. The maximum Gasteiger partial charge on any atom is 0.344 e. The van der Waals surface area contributed by atoms with Gasteiger partial charge in [0.25, 0.3) is 0 Å². The summed E-state index contributed by atoms with van der Waals surface area (Å²) in [7, 11) is 0. The molecule has 0 N–H and O–H groups in total. The smallest absolute Gasteiger partial charge is 0.344 e. The van der Waals surface area contributed by atoms with E-state index in [1.807, 2.05) is 76.2 Å². The Balaban J connectivity index is 1.35. The molecule has 0 fully saturated rings. The van der Waals surface area contributed by atoms with E-state index in [2.05, 4.69) is 127 Å². The lowest BCUT2D eigenvalue weighted by molar-refractivity contribution is 0.0689. The quantitative estimate of drug-likeness (QED) is 0.109. The predicted molar refractivity (Wildman–Crippen MR) is 264 cm³/mol. The number of ether oxygens (including phenoxy) is 4. The van der Waals surface area contributed by atoms with Gasteiger partial charge in [0, 0.05) is 10.8 Å². The molecule has 8 nitrogen and oxygen atoms in total. The maximum absolute atomic E-state index is 13.8. The summed E-state index contributed by atoms with van der Waals surface area (Å²) in [5.41, 5.74) is 1.97. The van der Waals surface area contributed by atoms with Crippen molar-refractivity contribution in [1.82, 2.24) is 0 Å². The fourth-order valence-corrected chi connectivity index (χ4v) is 12.1. The molecule has 0 amide bonds. The Labute approximate surface area is 423 Å². The van der Waals surface area contributed by atoms with Crippen LogP contribution < -0.4 is 18.9 Å². The van der Waals surface area contributed by atoms with Crippen LogP contribution in [0.4, 0.5) is 0 Å². The third-order valence-electron chi connectivity index (χ3n) is 10.4. The first-order chi connectivity index (χ1) is 29.2. The normalized spacial score (nSPS) is 15.0. The minimum atomic E-state index is -0.778. The van der Waals surface area contributed by atoms with Crippen LogP contribution >= 0.6 is 127 Å². The monoisotopic (exact) mass is 1340 g/mol. The lowest BCUT2D eigenvalue weighted by atomic mass is 9.78. The van der Waals surface area contributed by atoms with E-state index >= 15 is 0 Å². The number of halogens is 8. The van der Waals surface area contributed by atoms with Crippen LogP contribution in [0.15, 0.2) is 133 Å². The van der Waals surface area contributed by atoms with E-state index in [4.69, 9.17) is 18.9 Å². The summed E-state index contributed by atoms with van der Waals surface area (Å²) in [6, 6.07) is 27.2. The highest BCUT2D eigenvalue weighted by atomic mass is 79.9. The molecule has 0 aromatic heterocycles. The highest BCUT2D eigenvalue weighted by molar-refractivity contribution is 9.12. The molecule has 0 saturated heterocycles. The van der Waals surface area contributed by atoms with E-state index in [0.29, 0.717) is 35.8 Å². The molecule has 6 aromatic carbocycles. The largest absolute Gasteiger partial charge is 0.420 e. The van der Waals surface area contributed by atoms with E-state index in [-0.39, 0.29) is 45.3 Å². The van der Waals surface area contributed by atoms with Crippen LogP contribution in [-0.2, 0) is 10.8 Å². The van der Waals surface area contributed by atoms with Gasteiger partial charge in [0.1, 0.15) is 0 Å². The van der Waals surface area contributed by atoms with Gasteiger partial charge in [-0.2, -0.15) is 0 Å². The zero-order chi connectivity index (χ0) is 45.0. The predicted octanol–water partition coefficient (Wildman–Crippen LogP) is 15.6. The van der Waals surface area contributed by atoms with Gasteiger partial charge >= 0.3 is 23.9 Å². The van der Waals surface area contributed by atoms with E-state index in [1.165, 1.54) is 24.3 Å². The molecule has 16 heteroatoms. The number of carbonyl (C=O) groups is 4. The third-order valence-corrected chi connectivity index (χ3v) is 15.1. The van der Waals surface area contributed by atoms with Gasteiger partial charge in [0.15, 0.2) is 23.0 Å². The molecule has 0 spiro atoms. The van der Waals surface area contributed by atoms with Crippen molar-refractivity contribution in [3.8, 4) is 23.0 Å². The van der Waals surface area contributed by atoms with Gasteiger partial charge in [-0.15, -0.1) is 0 Å². The standard InChI is InChI=1S/C46H28Br8O8/c1-45(2)21-13-29(47)37(30(48)14-21)59-41(55)25-9-5-7-11-27(25)43(57)61-39-33(51)17-23(18-34(39)52)46(3,4)24-19-35(53)40(36(54)20-24)62-44(58)28-12-8-6-10-26(28)42(56)60-38-31(49)15-22(45)16-32(38)50/h5-20H,1-4H3. The molecule has 0 unspecified atom stereocenters. The molecule has 0 radical (unpaired) electrons. The van der Waals surface area contributed by atoms with Crippen LogP contribution in [0.1, 0.15) is 91.4 Å². The van der Waals surface area contributed by atoms with Crippen LogP contribution in [0.3, 0.4) is 0 Å².